The number of ether oxygens (including phenoxy) is 1. The predicted molar refractivity (Wildman–Crippen MR) is 61.9 cm³/mol. The lowest BCUT2D eigenvalue weighted by atomic mass is 10.2. The molecule has 2 heterocycles. The van der Waals surface area contributed by atoms with E-state index in [4.69, 9.17) is 9.26 Å². The molecule has 2 rings (SSSR count). The number of morpholine rings is 1. The molecule has 1 aliphatic rings. The second kappa shape index (κ2) is 5.18. The number of hydrogen-bond acceptors (Lipinski definition) is 4. The molecule has 0 spiro atoms. The number of nitrogens with one attached hydrogen (secondary N) is 1. The molecule has 1 N–H and O–H groups in total. The van der Waals surface area contributed by atoms with Crippen molar-refractivity contribution in [3.63, 3.8) is 0 Å². The first-order chi connectivity index (χ1) is 8.19. The molecule has 1 aliphatic heterocycles. The van der Waals surface area contributed by atoms with Crippen LogP contribution < -0.4 is 5.32 Å². The molecule has 0 unspecified atom stereocenters. The van der Waals surface area contributed by atoms with Crippen LogP contribution in [0.4, 0.5) is 10.6 Å². The highest BCUT2D eigenvalue weighted by Crippen LogP contribution is 2.12. The third-order valence-electron chi connectivity index (χ3n) is 2.74. The van der Waals surface area contributed by atoms with Gasteiger partial charge in [-0.05, 0) is 13.3 Å². The topological polar surface area (TPSA) is 67.6 Å². The van der Waals surface area contributed by atoms with E-state index in [0.717, 1.165) is 6.42 Å². The Balaban J connectivity index is 1.91. The van der Waals surface area contributed by atoms with Gasteiger partial charge in [0.2, 0.25) is 0 Å². The Labute approximate surface area is 99.9 Å². The maximum absolute atomic E-state index is 11.9. The molecule has 94 valence electrons. The quantitative estimate of drug-likeness (QED) is 0.851. The SMILES string of the molecule is CC[C@@H]1CN(C(=O)Nc2cc(C)on2)CCO1. The van der Waals surface area contributed by atoms with Crippen molar-refractivity contribution in [1.29, 1.82) is 0 Å². The zero-order chi connectivity index (χ0) is 12.3. The van der Waals surface area contributed by atoms with Gasteiger partial charge in [-0.3, -0.25) is 5.32 Å². The molecule has 0 saturated carbocycles. The largest absolute Gasteiger partial charge is 0.375 e. The summed E-state index contributed by atoms with van der Waals surface area (Å²) in [4.78, 5) is 13.7. The second-order valence-electron chi connectivity index (χ2n) is 4.10. The Hall–Kier alpha value is -1.56. The molecule has 17 heavy (non-hydrogen) atoms. The van der Waals surface area contributed by atoms with E-state index >= 15 is 0 Å². The van der Waals surface area contributed by atoms with Gasteiger partial charge in [0.25, 0.3) is 0 Å². The molecule has 1 aromatic rings. The Morgan fingerprint density at radius 2 is 2.53 bits per heavy atom. The van der Waals surface area contributed by atoms with Gasteiger partial charge >= 0.3 is 6.03 Å². The van der Waals surface area contributed by atoms with E-state index in [2.05, 4.69) is 10.5 Å². The summed E-state index contributed by atoms with van der Waals surface area (Å²) in [7, 11) is 0. The van der Waals surface area contributed by atoms with Crippen molar-refractivity contribution in [1.82, 2.24) is 10.1 Å². The smallest absolute Gasteiger partial charge is 0.323 e. The van der Waals surface area contributed by atoms with E-state index in [1.54, 1.807) is 17.9 Å². The maximum atomic E-state index is 11.9. The van der Waals surface area contributed by atoms with Gasteiger partial charge < -0.3 is 14.2 Å². The number of nitrogens with zero attached hydrogens (tertiary/aromatic N) is 2. The number of amides is 2. The average molecular weight is 239 g/mol. The molecule has 1 fully saturated rings. The van der Waals surface area contributed by atoms with Crippen LogP contribution in [0, 0.1) is 6.92 Å². The fourth-order valence-corrected chi connectivity index (χ4v) is 1.76. The summed E-state index contributed by atoms with van der Waals surface area (Å²) in [5, 5.41) is 6.43. The minimum Gasteiger partial charge on any atom is -0.375 e. The standard InChI is InChI=1S/C11H17N3O3/c1-3-9-7-14(4-5-16-9)11(15)12-10-6-8(2)17-13-10/h6,9H,3-5,7H2,1-2H3,(H,12,13,15)/t9-/m1/s1. The monoisotopic (exact) mass is 239 g/mol. The molecule has 6 heteroatoms. The number of carbonyl (C=O) groups is 1. The van der Waals surface area contributed by atoms with Crippen molar-refractivity contribution in [2.24, 2.45) is 0 Å². The van der Waals surface area contributed by atoms with Crippen molar-refractivity contribution >= 4 is 11.8 Å². The first-order valence-corrected chi connectivity index (χ1v) is 5.80. The number of urea groups is 1. The molecule has 6 nitrogen and oxygen atoms in total. The maximum Gasteiger partial charge on any atom is 0.323 e. The zero-order valence-electron chi connectivity index (χ0n) is 10.1. The van der Waals surface area contributed by atoms with Crippen molar-refractivity contribution in [2.45, 2.75) is 26.4 Å². The van der Waals surface area contributed by atoms with Gasteiger partial charge in [-0.2, -0.15) is 0 Å². The number of aromatic nitrogens is 1. The Morgan fingerprint density at radius 1 is 1.71 bits per heavy atom. The fourth-order valence-electron chi connectivity index (χ4n) is 1.76. The third kappa shape index (κ3) is 2.97. The van der Waals surface area contributed by atoms with Crippen LogP contribution >= 0.6 is 0 Å². The molecule has 1 atom stereocenters. The summed E-state index contributed by atoms with van der Waals surface area (Å²) < 4.78 is 10.4. The van der Waals surface area contributed by atoms with Gasteiger partial charge in [0.15, 0.2) is 5.82 Å². The number of carbonyl (C=O) groups excluding carboxylic acids is 1. The van der Waals surface area contributed by atoms with Crippen LogP contribution in [0.5, 0.6) is 0 Å². The average Bonchev–Trinajstić information content (AvgIpc) is 2.75. The highest BCUT2D eigenvalue weighted by atomic mass is 16.5. The highest BCUT2D eigenvalue weighted by molar-refractivity contribution is 5.88. The Bertz CT molecular complexity index is 391. The highest BCUT2D eigenvalue weighted by Gasteiger charge is 2.23. The minimum atomic E-state index is -0.153. The first kappa shape index (κ1) is 11.9. The molecule has 0 bridgehead atoms. The van der Waals surface area contributed by atoms with Crippen LogP contribution in [-0.2, 0) is 4.74 Å². The summed E-state index contributed by atoms with van der Waals surface area (Å²) in [6, 6.07) is 1.54. The van der Waals surface area contributed by atoms with Gasteiger partial charge in [0.05, 0.1) is 12.7 Å². The lowest BCUT2D eigenvalue weighted by Crippen LogP contribution is -2.47. The number of anilines is 1. The van der Waals surface area contributed by atoms with Gasteiger partial charge in [-0.1, -0.05) is 12.1 Å². The van der Waals surface area contributed by atoms with E-state index in [1.807, 2.05) is 6.92 Å². The Kier molecular flexibility index (Phi) is 3.63. The van der Waals surface area contributed by atoms with E-state index < -0.39 is 0 Å². The third-order valence-corrected chi connectivity index (χ3v) is 2.74. The molecule has 0 aromatic carbocycles. The van der Waals surface area contributed by atoms with Crippen LogP contribution in [0.1, 0.15) is 19.1 Å². The van der Waals surface area contributed by atoms with Crippen molar-refractivity contribution in [2.75, 3.05) is 25.0 Å². The zero-order valence-corrected chi connectivity index (χ0v) is 10.1. The summed E-state index contributed by atoms with van der Waals surface area (Å²) in [5.41, 5.74) is 0. The van der Waals surface area contributed by atoms with Crippen LogP contribution in [-0.4, -0.2) is 41.9 Å². The first-order valence-electron chi connectivity index (χ1n) is 5.80. The van der Waals surface area contributed by atoms with Gasteiger partial charge in [0.1, 0.15) is 5.76 Å². The van der Waals surface area contributed by atoms with Crippen LogP contribution in [0.2, 0.25) is 0 Å². The van der Waals surface area contributed by atoms with Crippen LogP contribution in [0.25, 0.3) is 0 Å². The minimum absolute atomic E-state index is 0.133. The molecular formula is C11H17N3O3. The number of rotatable bonds is 2. The van der Waals surface area contributed by atoms with Crippen molar-refractivity contribution in [3.8, 4) is 0 Å². The van der Waals surface area contributed by atoms with Crippen LogP contribution in [0.15, 0.2) is 10.6 Å². The van der Waals surface area contributed by atoms with Crippen molar-refractivity contribution in [3.05, 3.63) is 11.8 Å². The second-order valence-corrected chi connectivity index (χ2v) is 4.10. The lowest BCUT2D eigenvalue weighted by molar-refractivity contribution is -0.0134. The predicted octanol–water partition coefficient (Wildman–Crippen LogP) is 1.63. The van der Waals surface area contributed by atoms with Gasteiger partial charge in [-0.15, -0.1) is 0 Å². The molecule has 1 saturated heterocycles. The van der Waals surface area contributed by atoms with Crippen LogP contribution in [0.3, 0.4) is 0 Å². The summed E-state index contributed by atoms with van der Waals surface area (Å²) in [5.74, 6) is 1.13. The fraction of sp³-hybridized carbons (Fsp3) is 0.636. The molecule has 0 radical (unpaired) electrons. The molecule has 2 amide bonds. The van der Waals surface area contributed by atoms with E-state index in [9.17, 15) is 4.79 Å². The van der Waals surface area contributed by atoms with Gasteiger partial charge in [0, 0.05) is 19.2 Å². The number of hydrogen-bond donors (Lipinski definition) is 1. The van der Waals surface area contributed by atoms with E-state index in [1.165, 1.54) is 0 Å². The van der Waals surface area contributed by atoms with E-state index in [0.29, 0.717) is 31.3 Å². The van der Waals surface area contributed by atoms with E-state index in [-0.39, 0.29) is 12.1 Å². The summed E-state index contributed by atoms with van der Waals surface area (Å²) in [6.07, 6.45) is 1.04. The number of aryl methyl sites for hydroxylation is 1. The summed E-state index contributed by atoms with van der Waals surface area (Å²) >= 11 is 0. The summed E-state index contributed by atoms with van der Waals surface area (Å²) in [6.45, 7) is 5.65. The normalized spacial score (nSPS) is 20.4. The van der Waals surface area contributed by atoms with Crippen molar-refractivity contribution < 1.29 is 14.1 Å². The van der Waals surface area contributed by atoms with Gasteiger partial charge in [-0.25, -0.2) is 4.79 Å². The molecule has 0 aliphatic carbocycles. The Morgan fingerprint density at radius 3 is 3.18 bits per heavy atom. The molecular weight excluding hydrogens is 222 g/mol. The molecule has 1 aromatic heterocycles. The lowest BCUT2D eigenvalue weighted by Gasteiger charge is -2.32.